The van der Waals surface area contributed by atoms with Crippen molar-refractivity contribution in [1.29, 1.82) is 0 Å². The van der Waals surface area contributed by atoms with E-state index in [1.165, 1.54) is 32.1 Å². The van der Waals surface area contributed by atoms with Gasteiger partial charge in [0.25, 0.3) is 0 Å². The first-order valence-electron chi connectivity index (χ1n) is 11.5. The van der Waals surface area contributed by atoms with Gasteiger partial charge in [0.2, 0.25) is 0 Å². The average Bonchev–Trinajstić information content (AvgIpc) is 2.83. The third kappa shape index (κ3) is 7.83. The molecule has 0 N–H and O–H groups in total. The zero-order valence-electron chi connectivity index (χ0n) is 19.4. The summed E-state index contributed by atoms with van der Waals surface area (Å²) in [7, 11) is -3.89. The van der Waals surface area contributed by atoms with E-state index in [0.717, 1.165) is 19.3 Å². The SMILES string of the molecule is CCCCCCCCOc1ccc(I(OS(=O)(=O)c2ccccc2C)c2ccccc2)cc1. The predicted molar refractivity (Wildman–Crippen MR) is 143 cm³/mol. The molecule has 4 nitrogen and oxygen atoms in total. The van der Waals surface area contributed by atoms with E-state index in [2.05, 4.69) is 6.92 Å². The first-order chi connectivity index (χ1) is 16.0. The van der Waals surface area contributed by atoms with Crippen molar-refractivity contribution in [3.05, 3.63) is 91.6 Å². The topological polar surface area (TPSA) is 52.6 Å². The summed E-state index contributed by atoms with van der Waals surface area (Å²) < 4.78 is 40.0. The van der Waals surface area contributed by atoms with Crippen molar-refractivity contribution >= 4 is 30.4 Å². The number of hydrogen-bond donors (Lipinski definition) is 0. The van der Waals surface area contributed by atoms with E-state index in [4.69, 9.17) is 7.25 Å². The Morgan fingerprint density at radius 3 is 2.03 bits per heavy atom. The summed E-state index contributed by atoms with van der Waals surface area (Å²) >= 11 is -2.70. The summed E-state index contributed by atoms with van der Waals surface area (Å²) in [6.07, 6.45) is 7.35. The molecule has 178 valence electrons. The Labute approximate surface area is 206 Å². The van der Waals surface area contributed by atoms with Crippen molar-refractivity contribution in [1.82, 2.24) is 0 Å². The second kappa shape index (κ2) is 13.1. The molecule has 0 amide bonds. The van der Waals surface area contributed by atoms with Crippen molar-refractivity contribution in [3.8, 4) is 5.75 Å². The molecule has 0 aromatic heterocycles. The molecule has 0 saturated carbocycles. The molecular weight excluding hydrogens is 547 g/mol. The molecule has 0 saturated heterocycles. The average molecular weight is 581 g/mol. The van der Waals surface area contributed by atoms with Gasteiger partial charge in [0.05, 0.1) is 0 Å². The van der Waals surface area contributed by atoms with E-state index in [9.17, 15) is 8.42 Å². The fraction of sp³-hybridized carbons (Fsp3) is 0.333. The molecule has 0 radical (unpaired) electrons. The van der Waals surface area contributed by atoms with Crippen LogP contribution in [-0.4, -0.2) is 15.0 Å². The van der Waals surface area contributed by atoms with E-state index in [1.54, 1.807) is 25.1 Å². The zero-order chi connectivity index (χ0) is 23.5. The van der Waals surface area contributed by atoms with Crippen LogP contribution in [0.2, 0.25) is 0 Å². The molecule has 0 aliphatic rings. The van der Waals surface area contributed by atoms with Gasteiger partial charge in [0.15, 0.2) is 0 Å². The molecule has 3 aromatic rings. The van der Waals surface area contributed by atoms with Crippen molar-refractivity contribution in [2.24, 2.45) is 0 Å². The van der Waals surface area contributed by atoms with Crippen LogP contribution >= 0.6 is 20.2 Å². The van der Waals surface area contributed by atoms with Crippen LogP contribution in [0.3, 0.4) is 0 Å². The maximum absolute atomic E-state index is 13.1. The Morgan fingerprint density at radius 2 is 1.33 bits per heavy atom. The molecule has 0 bridgehead atoms. The first kappa shape index (κ1) is 25.7. The van der Waals surface area contributed by atoms with Crippen LogP contribution < -0.4 is 4.74 Å². The third-order valence-electron chi connectivity index (χ3n) is 5.22. The van der Waals surface area contributed by atoms with Crippen LogP contribution in [0.25, 0.3) is 0 Å². The number of aryl methyl sites for hydroxylation is 1. The zero-order valence-corrected chi connectivity index (χ0v) is 22.3. The van der Waals surface area contributed by atoms with Gasteiger partial charge >= 0.3 is 200 Å². The third-order valence-corrected chi connectivity index (χ3v) is 12.7. The number of unbranched alkanes of at least 4 members (excludes halogenated alkanes) is 5. The fourth-order valence-electron chi connectivity index (χ4n) is 3.40. The number of hydrogen-bond acceptors (Lipinski definition) is 4. The van der Waals surface area contributed by atoms with Crippen molar-refractivity contribution < 1.29 is 15.7 Å². The van der Waals surface area contributed by atoms with Crippen LogP contribution in [0.15, 0.2) is 83.8 Å². The van der Waals surface area contributed by atoms with E-state index in [-0.39, 0.29) is 4.90 Å². The van der Waals surface area contributed by atoms with Gasteiger partial charge in [-0.15, -0.1) is 0 Å². The van der Waals surface area contributed by atoms with Crippen LogP contribution in [-0.2, 0) is 12.6 Å². The molecule has 3 aromatic carbocycles. The molecule has 33 heavy (non-hydrogen) atoms. The van der Waals surface area contributed by atoms with Gasteiger partial charge in [-0.25, -0.2) is 0 Å². The van der Waals surface area contributed by atoms with Crippen LogP contribution in [0.4, 0.5) is 0 Å². The van der Waals surface area contributed by atoms with Crippen LogP contribution in [0, 0.1) is 14.1 Å². The number of ether oxygens (including phenoxy) is 1. The molecule has 0 heterocycles. The summed E-state index contributed by atoms with van der Waals surface area (Å²) in [5.74, 6) is 0.804. The van der Waals surface area contributed by atoms with Gasteiger partial charge in [-0.05, 0) is 0 Å². The standard InChI is InChI=1S/C27H33IO4S/c1-3-4-5-6-7-13-22-31-26-20-18-25(19-21-26)28(24-15-9-8-10-16-24)32-33(29,30)27-17-12-11-14-23(27)2/h8-12,14-21H,3-7,13,22H2,1-2H3. The minimum atomic E-state index is -3.89. The van der Waals surface area contributed by atoms with Crippen molar-refractivity contribution in [2.75, 3.05) is 6.61 Å². The van der Waals surface area contributed by atoms with E-state index in [1.807, 2.05) is 60.7 Å². The Morgan fingerprint density at radius 1 is 0.727 bits per heavy atom. The van der Waals surface area contributed by atoms with E-state index >= 15 is 0 Å². The Kier molecular flexibility index (Phi) is 10.2. The minimum absolute atomic E-state index is 0.224. The molecule has 0 atom stereocenters. The predicted octanol–water partition coefficient (Wildman–Crippen LogP) is 7.60. The molecular formula is C27H33IO4S. The van der Waals surface area contributed by atoms with Crippen LogP contribution in [0.1, 0.15) is 51.0 Å². The molecule has 0 fully saturated rings. The Bertz CT molecular complexity index is 1080. The monoisotopic (exact) mass is 580 g/mol. The molecule has 3 rings (SSSR count). The quantitative estimate of drug-likeness (QED) is 0.154. The summed E-state index contributed by atoms with van der Waals surface area (Å²) in [5.41, 5.74) is 0.680. The molecule has 0 unspecified atom stereocenters. The number of halogens is 1. The second-order valence-corrected chi connectivity index (χ2v) is 14.4. The van der Waals surface area contributed by atoms with Crippen molar-refractivity contribution in [3.63, 3.8) is 0 Å². The van der Waals surface area contributed by atoms with Gasteiger partial charge < -0.3 is 0 Å². The van der Waals surface area contributed by atoms with Gasteiger partial charge in [-0.2, -0.15) is 0 Å². The van der Waals surface area contributed by atoms with E-state index < -0.39 is 30.4 Å². The Balaban J connectivity index is 1.71. The number of rotatable bonds is 13. The molecule has 0 aliphatic carbocycles. The van der Waals surface area contributed by atoms with Gasteiger partial charge in [0, 0.05) is 0 Å². The molecule has 0 spiro atoms. The summed E-state index contributed by atoms with van der Waals surface area (Å²) in [5, 5.41) is 0. The van der Waals surface area contributed by atoms with E-state index in [0.29, 0.717) is 12.2 Å². The summed E-state index contributed by atoms with van der Waals surface area (Å²) in [6, 6.07) is 24.3. The van der Waals surface area contributed by atoms with Crippen LogP contribution in [0.5, 0.6) is 5.75 Å². The second-order valence-electron chi connectivity index (χ2n) is 7.90. The van der Waals surface area contributed by atoms with Gasteiger partial charge in [-0.3, -0.25) is 0 Å². The van der Waals surface area contributed by atoms with Crippen molar-refractivity contribution in [2.45, 2.75) is 57.3 Å². The molecule has 0 aliphatic heterocycles. The van der Waals surface area contributed by atoms with Gasteiger partial charge in [-0.1, -0.05) is 6.92 Å². The first-order valence-corrected chi connectivity index (χ1v) is 15.9. The maximum atomic E-state index is 13.1. The van der Waals surface area contributed by atoms with Gasteiger partial charge in [0.1, 0.15) is 0 Å². The normalized spacial score (nSPS) is 11.9. The number of benzene rings is 3. The fourth-order valence-corrected chi connectivity index (χ4v) is 10.5. The molecule has 6 heteroatoms. The summed E-state index contributed by atoms with van der Waals surface area (Å²) in [6.45, 7) is 4.71. The summed E-state index contributed by atoms with van der Waals surface area (Å²) in [4.78, 5) is 0.224. The Hall–Kier alpha value is -1.90.